The number of imidazole rings is 1. The molecule has 124 valence electrons. The van der Waals surface area contributed by atoms with Crippen LogP contribution in [0.2, 0.25) is 5.15 Å². The van der Waals surface area contributed by atoms with Gasteiger partial charge in [0.2, 0.25) is 0 Å². The molecule has 2 aromatic heterocycles. The predicted octanol–water partition coefficient (Wildman–Crippen LogP) is 4.04. The summed E-state index contributed by atoms with van der Waals surface area (Å²) < 4.78 is 0. The summed E-state index contributed by atoms with van der Waals surface area (Å²) >= 11 is 6.10. The average Bonchev–Trinajstić information content (AvgIpc) is 3.08. The maximum absolute atomic E-state index is 9.01. The number of rotatable bonds is 3. The number of H-pyrrole nitrogens is 1. The van der Waals surface area contributed by atoms with Gasteiger partial charge >= 0.3 is 0 Å². The van der Waals surface area contributed by atoms with Gasteiger partial charge in [0, 0.05) is 19.4 Å². The SMILES string of the molecule is CN(c1ccc(C#N)c(Cl)n1)C1C=C(c2ncc[nH]2)CCC1(C)C. The zero-order valence-corrected chi connectivity index (χ0v) is 14.8. The van der Waals surface area contributed by atoms with E-state index in [4.69, 9.17) is 16.9 Å². The van der Waals surface area contributed by atoms with Crippen LogP contribution in [0.4, 0.5) is 5.82 Å². The normalized spacial score (nSPS) is 19.5. The van der Waals surface area contributed by atoms with E-state index in [2.05, 4.69) is 39.8 Å². The quantitative estimate of drug-likeness (QED) is 0.855. The minimum Gasteiger partial charge on any atom is -0.353 e. The Bertz CT molecular complexity index is 801. The van der Waals surface area contributed by atoms with Crippen LogP contribution in [0.3, 0.4) is 0 Å². The molecule has 6 heteroatoms. The minimum absolute atomic E-state index is 0.0902. The number of likely N-dealkylation sites (N-methyl/N-ethyl adjacent to an activating group) is 1. The third-order valence-electron chi connectivity index (χ3n) is 4.73. The Labute approximate surface area is 147 Å². The van der Waals surface area contributed by atoms with Crippen molar-refractivity contribution in [2.45, 2.75) is 32.7 Å². The Morgan fingerprint density at radius 3 is 2.83 bits per heavy atom. The van der Waals surface area contributed by atoms with Gasteiger partial charge in [-0.1, -0.05) is 31.5 Å². The molecule has 1 aliphatic carbocycles. The molecule has 2 heterocycles. The van der Waals surface area contributed by atoms with Crippen LogP contribution in [-0.4, -0.2) is 28.0 Å². The van der Waals surface area contributed by atoms with Crippen LogP contribution in [-0.2, 0) is 0 Å². The monoisotopic (exact) mass is 341 g/mol. The fourth-order valence-electron chi connectivity index (χ4n) is 3.23. The molecule has 0 saturated carbocycles. The second-order valence-electron chi connectivity index (χ2n) is 6.79. The maximum atomic E-state index is 9.01. The molecule has 0 bridgehead atoms. The number of nitrogens with one attached hydrogen (secondary N) is 1. The highest BCUT2D eigenvalue weighted by Crippen LogP contribution is 2.40. The van der Waals surface area contributed by atoms with E-state index in [9.17, 15) is 0 Å². The van der Waals surface area contributed by atoms with Crippen LogP contribution in [0, 0.1) is 16.7 Å². The molecule has 0 amide bonds. The number of hydrogen-bond acceptors (Lipinski definition) is 4. The fraction of sp³-hybridized carbons (Fsp3) is 0.389. The third kappa shape index (κ3) is 3.02. The van der Waals surface area contributed by atoms with Crippen molar-refractivity contribution in [1.82, 2.24) is 15.0 Å². The van der Waals surface area contributed by atoms with Crippen LogP contribution in [0.1, 0.15) is 38.1 Å². The largest absolute Gasteiger partial charge is 0.353 e. The molecule has 0 radical (unpaired) electrons. The lowest BCUT2D eigenvalue weighted by molar-refractivity contribution is 0.284. The van der Waals surface area contributed by atoms with E-state index in [1.165, 1.54) is 5.57 Å². The van der Waals surface area contributed by atoms with Gasteiger partial charge in [0.1, 0.15) is 22.9 Å². The smallest absolute Gasteiger partial charge is 0.149 e. The number of pyridine rings is 1. The maximum Gasteiger partial charge on any atom is 0.149 e. The summed E-state index contributed by atoms with van der Waals surface area (Å²) in [4.78, 5) is 14.1. The van der Waals surface area contributed by atoms with Crippen molar-refractivity contribution in [2.75, 3.05) is 11.9 Å². The van der Waals surface area contributed by atoms with Gasteiger partial charge < -0.3 is 9.88 Å². The highest BCUT2D eigenvalue weighted by Gasteiger charge is 2.35. The molecule has 1 unspecified atom stereocenters. The number of hydrogen-bond donors (Lipinski definition) is 1. The second kappa shape index (κ2) is 6.29. The molecule has 2 aromatic rings. The van der Waals surface area contributed by atoms with Crippen LogP contribution in [0.15, 0.2) is 30.6 Å². The lowest BCUT2D eigenvalue weighted by Crippen LogP contribution is -2.44. The Morgan fingerprint density at radius 2 is 2.21 bits per heavy atom. The van der Waals surface area contributed by atoms with Crippen molar-refractivity contribution in [2.24, 2.45) is 5.41 Å². The lowest BCUT2D eigenvalue weighted by Gasteiger charge is -2.42. The van der Waals surface area contributed by atoms with Crippen LogP contribution >= 0.6 is 11.6 Å². The summed E-state index contributed by atoms with van der Waals surface area (Å²) in [6, 6.07) is 5.76. The van der Waals surface area contributed by atoms with Gasteiger partial charge in [-0.2, -0.15) is 5.26 Å². The highest BCUT2D eigenvalue weighted by atomic mass is 35.5. The number of nitrogens with zero attached hydrogens (tertiary/aromatic N) is 4. The first-order chi connectivity index (χ1) is 11.4. The van der Waals surface area contributed by atoms with Gasteiger partial charge in [0.05, 0.1) is 11.6 Å². The van der Waals surface area contributed by atoms with Crippen molar-refractivity contribution in [3.63, 3.8) is 0 Å². The molecular weight excluding hydrogens is 322 g/mol. The highest BCUT2D eigenvalue weighted by molar-refractivity contribution is 6.30. The predicted molar refractivity (Wildman–Crippen MR) is 95.7 cm³/mol. The number of aromatic nitrogens is 3. The summed E-state index contributed by atoms with van der Waals surface area (Å²) in [5, 5.41) is 9.25. The topological polar surface area (TPSA) is 68.6 Å². The summed E-state index contributed by atoms with van der Waals surface area (Å²) in [6.45, 7) is 4.52. The first kappa shape index (κ1) is 16.5. The van der Waals surface area contributed by atoms with Crippen molar-refractivity contribution in [1.29, 1.82) is 5.26 Å². The molecule has 0 aliphatic heterocycles. The van der Waals surface area contributed by atoms with E-state index < -0.39 is 0 Å². The summed E-state index contributed by atoms with van der Waals surface area (Å²) in [5.41, 5.74) is 1.70. The van der Waals surface area contributed by atoms with E-state index >= 15 is 0 Å². The Kier molecular flexibility index (Phi) is 4.33. The van der Waals surface area contributed by atoms with Crippen molar-refractivity contribution < 1.29 is 0 Å². The van der Waals surface area contributed by atoms with Gasteiger partial charge in [-0.25, -0.2) is 9.97 Å². The Balaban J connectivity index is 1.96. The zero-order chi connectivity index (χ0) is 17.3. The lowest BCUT2D eigenvalue weighted by atomic mass is 9.73. The molecule has 0 saturated heterocycles. The molecule has 1 atom stereocenters. The minimum atomic E-state index is 0.0902. The number of halogens is 1. The third-order valence-corrected chi connectivity index (χ3v) is 5.02. The average molecular weight is 342 g/mol. The van der Waals surface area contributed by atoms with Crippen LogP contribution in [0.5, 0.6) is 0 Å². The standard InChI is InChI=1S/C18H20ClN5/c1-18(2)7-6-12(17-21-8-9-22-17)10-14(18)24(3)15-5-4-13(11-20)16(19)23-15/h4-5,8-10,14H,6-7H2,1-3H3,(H,21,22). The Hall–Kier alpha value is -2.32. The molecule has 0 aromatic carbocycles. The van der Waals surface area contributed by atoms with Gasteiger partial charge in [0.25, 0.3) is 0 Å². The van der Waals surface area contributed by atoms with E-state index in [1.54, 1.807) is 12.3 Å². The van der Waals surface area contributed by atoms with Crippen LogP contribution in [0.25, 0.3) is 5.57 Å². The molecule has 24 heavy (non-hydrogen) atoms. The first-order valence-corrected chi connectivity index (χ1v) is 8.30. The molecule has 1 aliphatic rings. The van der Waals surface area contributed by atoms with Crippen LogP contribution < -0.4 is 4.90 Å². The van der Waals surface area contributed by atoms with Gasteiger partial charge in [-0.15, -0.1) is 0 Å². The zero-order valence-electron chi connectivity index (χ0n) is 14.0. The second-order valence-corrected chi connectivity index (χ2v) is 7.15. The number of allylic oxidation sites excluding steroid dienone is 1. The van der Waals surface area contributed by atoms with Gasteiger partial charge in [-0.05, 0) is 36.0 Å². The van der Waals surface area contributed by atoms with E-state index in [0.717, 1.165) is 24.5 Å². The van der Waals surface area contributed by atoms with E-state index in [-0.39, 0.29) is 16.6 Å². The molecule has 1 N–H and O–H groups in total. The molecule has 0 fully saturated rings. The van der Waals surface area contributed by atoms with E-state index in [1.807, 2.05) is 25.4 Å². The first-order valence-electron chi connectivity index (χ1n) is 7.92. The Morgan fingerprint density at radius 1 is 1.42 bits per heavy atom. The summed E-state index contributed by atoms with van der Waals surface area (Å²) in [6.07, 6.45) is 7.92. The van der Waals surface area contributed by atoms with Crippen molar-refractivity contribution >= 4 is 23.0 Å². The van der Waals surface area contributed by atoms with Crippen molar-refractivity contribution in [3.8, 4) is 6.07 Å². The summed E-state index contributed by atoms with van der Waals surface area (Å²) in [7, 11) is 2.01. The van der Waals surface area contributed by atoms with E-state index in [0.29, 0.717) is 5.56 Å². The van der Waals surface area contributed by atoms with Gasteiger partial charge in [0.15, 0.2) is 0 Å². The summed E-state index contributed by atoms with van der Waals surface area (Å²) in [5.74, 6) is 1.68. The molecule has 0 spiro atoms. The van der Waals surface area contributed by atoms with Crippen molar-refractivity contribution in [3.05, 3.63) is 47.1 Å². The molecule has 3 rings (SSSR count). The number of nitriles is 1. The number of anilines is 1. The molecule has 5 nitrogen and oxygen atoms in total. The fourth-order valence-corrected chi connectivity index (χ4v) is 3.42. The number of aromatic amines is 1. The van der Waals surface area contributed by atoms with Gasteiger partial charge in [-0.3, -0.25) is 0 Å². The molecular formula is C18H20ClN5.